The summed E-state index contributed by atoms with van der Waals surface area (Å²) < 4.78 is 0. The summed E-state index contributed by atoms with van der Waals surface area (Å²) in [7, 11) is 0. The number of carbonyl (C=O) groups excluding carboxylic acids is 1. The van der Waals surface area contributed by atoms with Gasteiger partial charge < -0.3 is 10.0 Å². The van der Waals surface area contributed by atoms with E-state index in [1.165, 1.54) is 0 Å². The zero-order valence-electron chi connectivity index (χ0n) is 12.9. The summed E-state index contributed by atoms with van der Waals surface area (Å²) in [4.78, 5) is 26.3. The topological polar surface area (TPSA) is 57.6 Å². The molecule has 3 fully saturated rings. The van der Waals surface area contributed by atoms with Crippen LogP contribution in [0.4, 0.5) is 0 Å². The Hall–Kier alpha value is -1.55. The van der Waals surface area contributed by atoms with Crippen LogP contribution in [0.2, 0.25) is 5.02 Å². The van der Waals surface area contributed by atoms with Gasteiger partial charge in [-0.15, -0.1) is 0 Å². The molecule has 0 aromatic heterocycles. The highest BCUT2D eigenvalue weighted by molar-refractivity contribution is 6.31. The molecule has 2 unspecified atom stereocenters. The lowest BCUT2D eigenvalue weighted by molar-refractivity contribution is -0.149. The molecule has 4 atom stereocenters. The van der Waals surface area contributed by atoms with Gasteiger partial charge in [-0.1, -0.05) is 36.2 Å². The Bertz CT molecular complexity index is 676. The van der Waals surface area contributed by atoms with E-state index in [-0.39, 0.29) is 23.7 Å². The lowest BCUT2D eigenvalue weighted by Gasteiger charge is -2.23. The van der Waals surface area contributed by atoms with Gasteiger partial charge >= 0.3 is 5.97 Å². The molecule has 1 aromatic rings. The van der Waals surface area contributed by atoms with Crippen molar-refractivity contribution in [3.63, 3.8) is 0 Å². The maximum atomic E-state index is 12.8. The van der Waals surface area contributed by atoms with Crippen LogP contribution >= 0.6 is 11.6 Å². The zero-order chi connectivity index (χ0) is 16.2. The molecule has 1 amide bonds. The average molecular weight is 334 g/mol. The van der Waals surface area contributed by atoms with Gasteiger partial charge in [-0.05, 0) is 42.7 Å². The van der Waals surface area contributed by atoms with Gasteiger partial charge in [0.1, 0.15) is 0 Å². The Labute approximate surface area is 140 Å². The van der Waals surface area contributed by atoms with Crippen LogP contribution in [-0.4, -0.2) is 35.0 Å². The van der Waals surface area contributed by atoms with Crippen LogP contribution in [0.3, 0.4) is 0 Å². The third-order valence-corrected chi connectivity index (χ3v) is 6.36. The van der Waals surface area contributed by atoms with Crippen molar-refractivity contribution in [1.29, 1.82) is 0 Å². The molecule has 122 valence electrons. The minimum Gasteiger partial charge on any atom is -0.481 e. The Kier molecular flexibility index (Phi) is 3.41. The van der Waals surface area contributed by atoms with Gasteiger partial charge in [-0.2, -0.15) is 0 Å². The number of hydrogen-bond donors (Lipinski definition) is 1. The van der Waals surface area contributed by atoms with Crippen LogP contribution in [0.1, 0.15) is 37.2 Å². The first-order valence-corrected chi connectivity index (χ1v) is 8.67. The van der Waals surface area contributed by atoms with E-state index in [4.69, 9.17) is 11.6 Å². The van der Waals surface area contributed by atoms with Crippen molar-refractivity contribution in [2.45, 2.75) is 31.6 Å². The van der Waals surface area contributed by atoms with Crippen molar-refractivity contribution in [2.75, 3.05) is 13.1 Å². The van der Waals surface area contributed by atoms with Crippen LogP contribution in [-0.2, 0) is 9.59 Å². The third-order valence-electron chi connectivity index (χ3n) is 6.02. The van der Waals surface area contributed by atoms with E-state index in [0.717, 1.165) is 24.8 Å². The van der Waals surface area contributed by atoms with Gasteiger partial charge in [0.2, 0.25) is 5.91 Å². The van der Waals surface area contributed by atoms with Crippen molar-refractivity contribution in [3.05, 3.63) is 34.9 Å². The van der Waals surface area contributed by atoms with E-state index in [2.05, 4.69) is 0 Å². The minimum absolute atomic E-state index is 0.0282. The van der Waals surface area contributed by atoms with Gasteiger partial charge in [-0.3, -0.25) is 9.59 Å². The monoisotopic (exact) mass is 333 g/mol. The number of aliphatic carboxylic acids is 1. The van der Waals surface area contributed by atoms with Crippen molar-refractivity contribution in [3.8, 4) is 0 Å². The van der Waals surface area contributed by atoms with E-state index in [0.29, 0.717) is 24.5 Å². The van der Waals surface area contributed by atoms with Crippen molar-refractivity contribution in [1.82, 2.24) is 4.90 Å². The number of benzene rings is 1. The number of hydrogen-bond acceptors (Lipinski definition) is 2. The van der Waals surface area contributed by atoms with Gasteiger partial charge in [0.25, 0.3) is 0 Å². The predicted molar refractivity (Wildman–Crippen MR) is 86.3 cm³/mol. The molecular formula is C18H20ClNO3. The molecule has 1 aromatic carbocycles. The summed E-state index contributed by atoms with van der Waals surface area (Å²) in [5, 5.41) is 10.4. The molecule has 23 heavy (non-hydrogen) atoms. The summed E-state index contributed by atoms with van der Waals surface area (Å²) >= 11 is 6.23. The molecule has 2 aliphatic carbocycles. The van der Waals surface area contributed by atoms with Crippen LogP contribution in [0.15, 0.2) is 24.3 Å². The lowest BCUT2D eigenvalue weighted by Crippen LogP contribution is -2.37. The number of halogens is 1. The second-order valence-electron chi connectivity index (χ2n) is 7.24. The third kappa shape index (κ3) is 2.26. The number of carbonyl (C=O) groups is 2. The first kappa shape index (κ1) is 15.0. The fourth-order valence-corrected chi connectivity index (χ4v) is 4.90. The molecule has 1 heterocycles. The summed E-state index contributed by atoms with van der Waals surface area (Å²) in [6.45, 7) is 0.994. The number of amides is 1. The van der Waals surface area contributed by atoms with E-state index < -0.39 is 11.4 Å². The van der Waals surface area contributed by atoms with E-state index in [1.807, 2.05) is 24.3 Å². The molecule has 1 saturated heterocycles. The lowest BCUT2D eigenvalue weighted by atomic mass is 9.81. The van der Waals surface area contributed by atoms with Crippen LogP contribution in [0.5, 0.6) is 0 Å². The average Bonchev–Trinajstić information content (AvgIpc) is 3.05. The highest BCUT2D eigenvalue weighted by atomic mass is 35.5. The molecule has 4 nitrogen and oxygen atoms in total. The highest BCUT2D eigenvalue weighted by Crippen LogP contribution is 2.53. The van der Waals surface area contributed by atoms with Crippen LogP contribution < -0.4 is 0 Å². The van der Waals surface area contributed by atoms with E-state index >= 15 is 0 Å². The molecule has 1 N–H and O–H groups in total. The summed E-state index contributed by atoms with van der Waals surface area (Å²) in [5.41, 5.74) is 0.351. The highest BCUT2D eigenvalue weighted by Gasteiger charge is 2.58. The summed E-state index contributed by atoms with van der Waals surface area (Å²) in [6.07, 6.45) is 3.42. The number of fused-ring (bicyclic) bond motifs is 1. The summed E-state index contributed by atoms with van der Waals surface area (Å²) in [6, 6.07) is 7.68. The molecule has 4 rings (SSSR count). The number of rotatable bonds is 3. The van der Waals surface area contributed by atoms with Crippen LogP contribution in [0.25, 0.3) is 0 Å². The summed E-state index contributed by atoms with van der Waals surface area (Å²) in [5.74, 6) is -0.322. The SMILES string of the molecule is O=C(C1CC1c1ccccc1Cl)N1C[C@@H]2CCC[C@@]2(C(=O)O)C1. The fourth-order valence-electron chi connectivity index (χ4n) is 4.63. The Morgan fingerprint density at radius 1 is 1.30 bits per heavy atom. The van der Waals surface area contributed by atoms with Gasteiger partial charge in [0.15, 0.2) is 0 Å². The predicted octanol–water partition coefficient (Wildman–Crippen LogP) is 3.16. The minimum atomic E-state index is -0.728. The van der Waals surface area contributed by atoms with Crippen molar-refractivity contribution >= 4 is 23.5 Å². The van der Waals surface area contributed by atoms with Crippen molar-refractivity contribution < 1.29 is 14.7 Å². The number of nitrogens with zero attached hydrogens (tertiary/aromatic N) is 1. The Morgan fingerprint density at radius 3 is 2.78 bits per heavy atom. The number of carboxylic acids is 1. The maximum Gasteiger partial charge on any atom is 0.311 e. The second-order valence-corrected chi connectivity index (χ2v) is 7.65. The molecule has 0 bridgehead atoms. The first-order chi connectivity index (χ1) is 11.0. The normalized spacial score (nSPS) is 35.2. The first-order valence-electron chi connectivity index (χ1n) is 8.29. The molecule has 3 aliphatic rings. The smallest absolute Gasteiger partial charge is 0.311 e. The number of carboxylic acid groups (broad SMARTS) is 1. The van der Waals surface area contributed by atoms with Gasteiger partial charge in [-0.25, -0.2) is 0 Å². The maximum absolute atomic E-state index is 12.8. The van der Waals surface area contributed by atoms with E-state index in [1.54, 1.807) is 4.90 Å². The Balaban J connectivity index is 1.48. The molecule has 5 heteroatoms. The van der Waals surface area contributed by atoms with E-state index in [9.17, 15) is 14.7 Å². The molecule has 1 aliphatic heterocycles. The largest absolute Gasteiger partial charge is 0.481 e. The quantitative estimate of drug-likeness (QED) is 0.924. The van der Waals surface area contributed by atoms with Gasteiger partial charge in [0, 0.05) is 24.0 Å². The molecule has 0 spiro atoms. The molecule has 2 saturated carbocycles. The number of likely N-dealkylation sites (tertiary alicyclic amines) is 1. The molecule has 0 radical (unpaired) electrons. The van der Waals surface area contributed by atoms with Crippen LogP contribution in [0, 0.1) is 17.3 Å². The van der Waals surface area contributed by atoms with Crippen molar-refractivity contribution in [2.24, 2.45) is 17.3 Å². The Morgan fingerprint density at radius 2 is 2.09 bits per heavy atom. The van der Waals surface area contributed by atoms with Gasteiger partial charge in [0.05, 0.1) is 5.41 Å². The second kappa shape index (κ2) is 5.23. The molecular weight excluding hydrogens is 314 g/mol. The standard InChI is InChI=1S/C18H20ClNO3/c19-15-6-2-1-5-12(15)13-8-14(13)16(21)20-9-11-4-3-7-18(11,10-20)17(22)23/h1-2,5-6,11,13-14H,3-4,7-10H2,(H,22,23)/t11-,13?,14?,18+/m0/s1. The fraction of sp³-hybridized carbons (Fsp3) is 0.556. The zero-order valence-corrected chi connectivity index (χ0v) is 13.6.